The van der Waals surface area contributed by atoms with Crippen molar-refractivity contribution in [3.63, 3.8) is 0 Å². The van der Waals surface area contributed by atoms with Crippen LogP contribution in [0, 0.1) is 83.5 Å². The summed E-state index contributed by atoms with van der Waals surface area (Å²) in [6.45, 7) is 18.4. The van der Waals surface area contributed by atoms with Crippen LogP contribution in [0.3, 0.4) is 0 Å². The summed E-state index contributed by atoms with van der Waals surface area (Å²) >= 11 is 0. The molecule has 0 saturated heterocycles. The topological polar surface area (TPSA) is 147 Å². The molecule has 666 valence electrons. The van der Waals surface area contributed by atoms with Crippen LogP contribution in [0.25, 0.3) is 10.8 Å². The van der Waals surface area contributed by atoms with Crippen LogP contribution in [0.2, 0.25) is 0 Å². The molecule has 0 amide bonds. The standard InChI is InChI=1S/C27H32O.2C22H22.C16H13NO3S.C13H16O.C7H8.C6HF5O3S/c1-2-3-4-5-6-13-22-28-26-20-18-25(19-21-26)27(23-14-9-7-10-15-23)24-16-11-8-12-17-24;2*1-16-14-17(2)21(18(3)15-16)22(19-10-6-4-7-11-19)20-12-8-5-9-13-20;18-21(19,20)14-10-9-12-5-4-8-16(15(12)11-14)17-13-6-2-1-3-7-13;14-13(10-11-6-4-5-7-11)12-8-2-1-3-9-12;1-7-5-3-2-4-6-7;7-1-2(8)4(10)6(15(12,13)14)5(11)3(1)9/h7-12,14-21,27H,2-6,13,22H2,1H3;2*4-15,22H,1-3H3;1-11,17H,(H,18,19,20);1-3,8-9,11H,4-7,10H2;2-6H,1H3;(H,12,13,14). The fraction of sp³-hybridized carbons (Fsp3) is 0.212. The number of carbonyl (C=O) groups is 1. The van der Waals surface area contributed by atoms with E-state index in [0.717, 1.165) is 52.9 Å². The lowest BCUT2D eigenvalue weighted by Crippen LogP contribution is -2.11. The third kappa shape index (κ3) is 29.4. The van der Waals surface area contributed by atoms with Gasteiger partial charge in [-0.25, -0.2) is 22.0 Å². The van der Waals surface area contributed by atoms with Crippen LogP contribution in [0.5, 0.6) is 5.75 Å². The molecule has 0 aromatic heterocycles. The molecular formula is C113H114F5NO8S2. The summed E-state index contributed by atoms with van der Waals surface area (Å²) in [5, 5.41) is 4.87. The molecule has 9 nitrogen and oxygen atoms in total. The molecule has 16 rings (SSSR count). The summed E-state index contributed by atoms with van der Waals surface area (Å²) < 4.78 is 129. The van der Waals surface area contributed by atoms with Gasteiger partial charge in [0.25, 0.3) is 10.1 Å². The zero-order valence-electron chi connectivity index (χ0n) is 74.4. The Morgan fingerprint density at radius 3 is 1.11 bits per heavy atom. The van der Waals surface area contributed by atoms with E-state index in [1.54, 1.807) is 6.07 Å². The molecule has 0 atom stereocenters. The minimum atomic E-state index is -5.52. The molecule has 0 radical (unpaired) electrons. The van der Waals surface area contributed by atoms with Crippen molar-refractivity contribution < 1.29 is 57.4 Å². The van der Waals surface area contributed by atoms with Gasteiger partial charge in [-0.3, -0.25) is 13.9 Å². The van der Waals surface area contributed by atoms with E-state index in [4.69, 9.17) is 9.29 Å². The molecule has 129 heavy (non-hydrogen) atoms. The van der Waals surface area contributed by atoms with Crippen LogP contribution in [0.4, 0.5) is 33.3 Å². The second-order valence-corrected chi connectivity index (χ2v) is 35.2. The first-order chi connectivity index (χ1) is 62.2. The molecule has 3 N–H and O–H groups in total. The van der Waals surface area contributed by atoms with Gasteiger partial charge < -0.3 is 10.1 Å². The summed E-state index contributed by atoms with van der Waals surface area (Å²) in [6, 6.07) is 122. The number of benzene rings is 15. The number of halogens is 5. The van der Waals surface area contributed by atoms with E-state index in [1.807, 2.05) is 97.1 Å². The second kappa shape index (κ2) is 49.6. The maximum atomic E-state index is 12.6. The first kappa shape index (κ1) is 98.5. The molecule has 1 saturated carbocycles. The van der Waals surface area contributed by atoms with Gasteiger partial charge in [-0.2, -0.15) is 16.8 Å². The number of ether oxygens (including phenoxy) is 1. The number of nitrogens with one attached hydrogen (secondary N) is 1. The van der Waals surface area contributed by atoms with E-state index < -0.39 is 54.2 Å². The Morgan fingerprint density at radius 2 is 0.729 bits per heavy atom. The fourth-order valence-electron chi connectivity index (χ4n) is 16.4. The molecule has 1 aliphatic rings. The number of ketones is 1. The number of carbonyl (C=O) groups excluding carboxylic acids is 1. The van der Waals surface area contributed by atoms with Crippen molar-refractivity contribution in [3.8, 4) is 5.75 Å². The summed E-state index contributed by atoms with van der Waals surface area (Å²) in [6.07, 6.45) is 13.6. The van der Waals surface area contributed by atoms with Gasteiger partial charge in [0.1, 0.15) is 5.75 Å². The summed E-state index contributed by atoms with van der Waals surface area (Å²) in [5.41, 5.74) is 24.2. The average Bonchev–Trinajstić information content (AvgIpc) is 1.54. The molecule has 1 fully saturated rings. The van der Waals surface area contributed by atoms with Crippen molar-refractivity contribution in [3.05, 3.63) is 482 Å². The fourth-order valence-corrected chi connectivity index (χ4v) is 17.5. The Bertz CT molecular complexity index is 5900. The minimum absolute atomic E-state index is 0.114. The van der Waals surface area contributed by atoms with Crippen LogP contribution < -0.4 is 10.1 Å². The molecule has 0 aliphatic heterocycles. The molecule has 1 aliphatic carbocycles. The Hall–Kier alpha value is -12.7. The Morgan fingerprint density at radius 1 is 0.372 bits per heavy atom. The molecule has 15 aromatic carbocycles. The zero-order chi connectivity index (χ0) is 92.2. The molecule has 16 heteroatoms. The number of para-hydroxylation sites is 1. The van der Waals surface area contributed by atoms with Crippen LogP contribution in [0.15, 0.2) is 368 Å². The predicted octanol–water partition coefficient (Wildman–Crippen LogP) is 30.1. The lowest BCUT2D eigenvalue weighted by Gasteiger charge is -2.23. The Labute approximate surface area is 759 Å². The van der Waals surface area contributed by atoms with Gasteiger partial charge in [0.15, 0.2) is 33.9 Å². The highest BCUT2D eigenvalue weighted by molar-refractivity contribution is 7.86. The van der Waals surface area contributed by atoms with Gasteiger partial charge in [0, 0.05) is 46.5 Å². The monoisotopic (exact) mass is 1770 g/mol. The maximum absolute atomic E-state index is 12.6. The van der Waals surface area contributed by atoms with Crippen LogP contribution >= 0.6 is 0 Å². The van der Waals surface area contributed by atoms with Gasteiger partial charge in [-0.1, -0.05) is 397 Å². The highest BCUT2D eigenvalue weighted by atomic mass is 32.2. The van der Waals surface area contributed by atoms with E-state index in [0.29, 0.717) is 23.5 Å². The quantitative estimate of drug-likeness (QED) is 0.0102. The zero-order valence-corrected chi connectivity index (χ0v) is 76.0. The van der Waals surface area contributed by atoms with Crippen LogP contribution in [-0.4, -0.2) is 38.3 Å². The lowest BCUT2D eigenvalue weighted by molar-refractivity contribution is 0.0962. The van der Waals surface area contributed by atoms with Crippen molar-refractivity contribution in [1.29, 1.82) is 0 Å². The average molecular weight is 1770 g/mol. The number of hydrogen-bond acceptors (Lipinski definition) is 7. The van der Waals surface area contributed by atoms with Crippen molar-refractivity contribution in [2.24, 2.45) is 5.92 Å². The van der Waals surface area contributed by atoms with Crippen LogP contribution in [-0.2, 0) is 20.2 Å². The number of Topliss-reactive ketones (excluding diaryl/α,β-unsaturated/α-hetero) is 1. The van der Waals surface area contributed by atoms with Crippen molar-refractivity contribution >= 4 is 48.2 Å². The highest BCUT2D eigenvalue weighted by Gasteiger charge is 2.33. The van der Waals surface area contributed by atoms with E-state index >= 15 is 0 Å². The number of anilines is 2. The van der Waals surface area contributed by atoms with Crippen molar-refractivity contribution in [2.75, 3.05) is 11.9 Å². The molecule has 15 aromatic rings. The minimum Gasteiger partial charge on any atom is -0.494 e. The van der Waals surface area contributed by atoms with Gasteiger partial charge in [0.2, 0.25) is 5.82 Å². The first-order valence-corrected chi connectivity index (χ1v) is 46.7. The summed E-state index contributed by atoms with van der Waals surface area (Å²) in [7, 11) is -9.73. The molecule has 0 heterocycles. The number of hydrogen-bond donors (Lipinski definition) is 3. The smallest absolute Gasteiger partial charge is 0.300 e. The maximum Gasteiger partial charge on any atom is 0.300 e. The number of rotatable bonds is 24. The molecule has 0 unspecified atom stereocenters. The number of unbranched alkanes of at least 4 members (excludes halogenated alkanes) is 5. The van der Waals surface area contributed by atoms with E-state index in [-0.39, 0.29) is 10.8 Å². The van der Waals surface area contributed by atoms with E-state index in [2.05, 4.69) is 303 Å². The molecule has 0 spiro atoms. The van der Waals surface area contributed by atoms with E-state index in [9.17, 15) is 48.1 Å². The van der Waals surface area contributed by atoms with E-state index in [1.165, 1.54) is 159 Å². The number of aryl methyl sites for hydroxylation is 7. The number of fused-ring (bicyclic) bond motifs is 1. The summed E-state index contributed by atoms with van der Waals surface area (Å²) in [5.74, 6) is -9.82. The SMILES string of the molecule is CCCCCCCCOc1ccc(C(c2ccccc2)c2ccccc2)cc1.Cc1cc(C)c(C(c2ccccc2)c2ccccc2)c(C)c1.Cc1cc(C)c(C(c2ccccc2)c2ccccc2)c(C)c1.Cc1ccccc1.O=C(CC1CCCC1)c1ccccc1.O=S(=O)(O)c1c(F)c(F)c(F)c(F)c1F.O=S(=O)(O)c1ccc2cccc(Nc3ccccc3)c2c1. The van der Waals surface area contributed by atoms with Gasteiger partial charge in [-0.05, 0) is 181 Å². The Balaban J connectivity index is 0.000000160. The molecular weight excluding hydrogens is 1660 g/mol. The first-order valence-electron chi connectivity index (χ1n) is 43.8. The van der Waals surface area contributed by atoms with Gasteiger partial charge in [-0.15, -0.1) is 0 Å². The third-order valence-electron chi connectivity index (χ3n) is 22.4. The Kier molecular flexibility index (Phi) is 37.9. The van der Waals surface area contributed by atoms with Gasteiger partial charge >= 0.3 is 10.1 Å². The van der Waals surface area contributed by atoms with Crippen molar-refractivity contribution in [2.45, 2.75) is 154 Å². The normalized spacial score (nSPS) is 11.7. The van der Waals surface area contributed by atoms with Crippen LogP contribution in [0.1, 0.15) is 195 Å². The highest BCUT2D eigenvalue weighted by Crippen LogP contribution is 2.40. The summed E-state index contributed by atoms with van der Waals surface area (Å²) in [4.78, 5) is 9.42. The van der Waals surface area contributed by atoms with Gasteiger partial charge in [0.05, 0.1) is 11.5 Å². The second-order valence-electron chi connectivity index (χ2n) is 32.4. The molecule has 0 bridgehead atoms. The third-order valence-corrected chi connectivity index (χ3v) is 24.2. The predicted molar refractivity (Wildman–Crippen MR) is 516 cm³/mol. The van der Waals surface area contributed by atoms with Crippen molar-refractivity contribution in [1.82, 2.24) is 0 Å². The lowest BCUT2D eigenvalue weighted by atomic mass is 9.80. The largest absolute Gasteiger partial charge is 0.494 e.